The van der Waals surface area contributed by atoms with Gasteiger partial charge in [-0.25, -0.2) is 0 Å². The van der Waals surface area contributed by atoms with Crippen LogP contribution in [0.1, 0.15) is 11.1 Å². The predicted octanol–water partition coefficient (Wildman–Crippen LogP) is 4.43. The highest BCUT2D eigenvalue weighted by molar-refractivity contribution is 6.17. The maximum absolute atomic E-state index is 11.1. The normalized spacial score (nSPS) is 10.2. The molecule has 0 aliphatic carbocycles. The van der Waals surface area contributed by atoms with E-state index in [2.05, 4.69) is 0 Å². The van der Waals surface area contributed by atoms with Gasteiger partial charge in [0.05, 0.1) is 10.8 Å². The second-order valence-corrected chi connectivity index (χ2v) is 4.29. The second-order valence-electron chi connectivity index (χ2n) is 4.02. The third-order valence-corrected chi connectivity index (χ3v) is 3.01. The Labute approximate surface area is 115 Å². The molecule has 0 aromatic heterocycles. The van der Waals surface area contributed by atoms with E-state index < -0.39 is 4.92 Å². The van der Waals surface area contributed by atoms with Gasteiger partial charge in [-0.3, -0.25) is 10.1 Å². The molecule has 0 unspecified atom stereocenters. The van der Waals surface area contributed by atoms with E-state index in [4.69, 9.17) is 16.3 Å². The number of rotatable bonds is 4. The molecule has 5 heteroatoms. The van der Waals surface area contributed by atoms with Crippen molar-refractivity contribution in [2.75, 3.05) is 0 Å². The van der Waals surface area contributed by atoms with E-state index in [1.165, 1.54) is 0 Å². The van der Waals surface area contributed by atoms with Crippen LogP contribution in [0.4, 0.5) is 5.69 Å². The Morgan fingerprint density at radius 2 is 1.84 bits per heavy atom. The lowest BCUT2D eigenvalue weighted by molar-refractivity contribution is -0.386. The molecule has 0 fully saturated rings. The molecular weight excluding hydrogens is 266 g/mol. The van der Waals surface area contributed by atoms with Gasteiger partial charge in [0.2, 0.25) is 5.75 Å². The minimum atomic E-state index is -0.437. The third-order valence-electron chi connectivity index (χ3n) is 2.72. The monoisotopic (exact) mass is 277 g/mol. The Balaban J connectivity index is 2.44. The summed E-state index contributed by atoms with van der Waals surface area (Å²) in [6, 6.07) is 12.2. The lowest BCUT2D eigenvalue weighted by atomic mass is 10.2. The number of alkyl halides is 1. The largest absolute Gasteiger partial charge is 0.450 e. The number of halogens is 1. The smallest absolute Gasteiger partial charge is 0.314 e. The topological polar surface area (TPSA) is 52.4 Å². The highest BCUT2D eigenvalue weighted by atomic mass is 35.5. The average Bonchev–Trinajstić information content (AvgIpc) is 2.39. The maximum Gasteiger partial charge on any atom is 0.314 e. The summed E-state index contributed by atoms with van der Waals surface area (Å²) in [6.45, 7) is 1.68. The number of ether oxygens (including phenoxy) is 1. The van der Waals surface area contributed by atoms with Crippen LogP contribution in [0.5, 0.6) is 11.5 Å². The Morgan fingerprint density at radius 1 is 1.16 bits per heavy atom. The van der Waals surface area contributed by atoms with Crippen molar-refractivity contribution in [1.29, 1.82) is 0 Å². The Morgan fingerprint density at radius 3 is 2.53 bits per heavy atom. The molecule has 4 nitrogen and oxygen atoms in total. The van der Waals surface area contributed by atoms with Crippen molar-refractivity contribution in [1.82, 2.24) is 0 Å². The number of para-hydroxylation sites is 2. The molecule has 0 amide bonds. The number of nitro benzene ring substituents is 1. The lowest BCUT2D eigenvalue weighted by Crippen LogP contribution is -1.97. The van der Waals surface area contributed by atoms with Crippen LogP contribution >= 0.6 is 11.6 Å². The molecule has 0 aliphatic rings. The van der Waals surface area contributed by atoms with Crippen molar-refractivity contribution in [3.8, 4) is 11.5 Å². The van der Waals surface area contributed by atoms with Crippen LogP contribution in [-0.2, 0) is 5.88 Å². The molecule has 0 atom stereocenters. The van der Waals surface area contributed by atoms with Crippen molar-refractivity contribution in [2.45, 2.75) is 12.8 Å². The first-order valence-electron chi connectivity index (χ1n) is 5.69. The molecule has 0 heterocycles. The summed E-state index contributed by atoms with van der Waals surface area (Å²) in [6.07, 6.45) is 0. The van der Waals surface area contributed by atoms with E-state index in [-0.39, 0.29) is 17.3 Å². The minimum absolute atomic E-state index is 0.0214. The SMILES string of the molecule is Cc1cccc(Oc2ccccc2CCl)c1[N+](=O)[O-]. The minimum Gasteiger partial charge on any atom is -0.450 e. The predicted molar refractivity (Wildman–Crippen MR) is 73.9 cm³/mol. The van der Waals surface area contributed by atoms with Crippen molar-refractivity contribution in [3.63, 3.8) is 0 Å². The van der Waals surface area contributed by atoms with Gasteiger partial charge in [0.15, 0.2) is 0 Å². The van der Waals surface area contributed by atoms with Gasteiger partial charge in [0.25, 0.3) is 0 Å². The highest BCUT2D eigenvalue weighted by Crippen LogP contribution is 2.35. The van der Waals surface area contributed by atoms with Crippen LogP contribution in [0.2, 0.25) is 0 Å². The second kappa shape index (κ2) is 5.71. The number of nitro groups is 1. The first kappa shape index (κ1) is 13.4. The molecule has 19 heavy (non-hydrogen) atoms. The molecule has 0 spiro atoms. The van der Waals surface area contributed by atoms with Gasteiger partial charge in [-0.05, 0) is 19.1 Å². The fourth-order valence-electron chi connectivity index (χ4n) is 1.78. The molecule has 98 valence electrons. The molecular formula is C14H12ClNO3. The van der Waals surface area contributed by atoms with Crippen molar-refractivity contribution in [2.24, 2.45) is 0 Å². The van der Waals surface area contributed by atoms with Crippen molar-refractivity contribution >= 4 is 17.3 Å². The molecule has 2 rings (SSSR count). The van der Waals surface area contributed by atoms with Crippen LogP contribution in [0.15, 0.2) is 42.5 Å². The number of aryl methyl sites for hydroxylation is 1. The zero-order valence-corrected chi connectivity index (χ0v) is 11.1. The molecule has 0 saturated carbocycles. The van der Waals surface area contributed by atoms with Crippen LogP contribution in [-0.4, -0.2) is 4.92 Å². The quantitative estimate of drug-likeness (QED) is 0.472. The summed E-state index contributed by atoms with van der Waals surface area (Å²) in [5, 5.41) is 11.1. The molecule has 2 aromatic rings. The summed E-state index contributed by atoms with van der Waals surface area (Å²) < 4.78 is 5.65. The standard InChI is InChI=1S/C14H12ClNO3/c1-10-5-4-8-13(14(10)16(17)18)19-12-7-3-2-6-11(12)9-15/h2-8H,9H2,1H3. The fourth-order valence-corrected chi connectivity index (χ4v) is 2.00. The summed E-state index contributed by atoms with van der Waals surface area (Å²) in [5.74, 6) is 1.05. The molecule has 0 bridgehead atoms. The molecule has 0 radical (unpaired) electrons. The van der Waals surface area contributed by atoms with Crippen LogP contribution in [0.3, 0.4) is 0 Å². The Bertz CT molecular complexity index is 613. The van der Waals surface area contributed by atoms with E-state index in [1.54, 1.807) is 37.3 Å². The van der Waals surface area contributed by atoms with Gasteiger partial charge in [-0.1, -0.05) is 30.3 Å². The summed E-state index contributed by atoms with van der Waals surface area (Å²) in [7, 11) is 0. The zero-order chi connectivity index (χ0) is 13.8. The van der Waals surface area contributed by atoms with Gasteiger partial charge in [0, 0.05) is 11.1 Å². The molecule has 0 N–H and O–H groups in total. The number of nitrogens with zero attached hydrogens (tertiary/aromatic N) is 1. The van der Waals surface area contributed by atoms with Crippen LogP contribution in [0.25, 0.3) is 0 Å². The number of hydrogen-bond acceptors (Lipinski definition) is 3. The van der Waals surface area contributed by atoms with Crippen LogP contribution < -0.4 is 4.74 Å². The van der Waals surface area contributed by atoms with E-state index in [9.17, 15) is 10.1 Å². The van der Waals surface area contributed by atoms with Crippen LogP contribution in [0, 0.1) is 17.0 Å². The summed E-state index contributed by atoms with van der Waals surface area (Å²) >= 11 is 5.82. The molecule has 0 saturated heterocycles. The lowest BCUT2D eigenvalue weighted by Gasteiger charge is -2.10. The van der Waals surface area contributed by atoms with Crippen molar-refractivity contribution in [3.05, 3.63) is 63.7 Å². The Kier molecular flexibility index (Phi) is 4.02. The summed E-state index contributed by atoms with van der Waals surface area (Å²) in [5.41, 5.74) is 1.33. The highest BCUT2D eigenvalue weighted by Gasteiger charge is 2.19. The summed E-state index contributed by atoms with van der Waals surface area (Å²) in [4.78, 5) is 10.7. The Hall–Kier alpha value is -2.07. The van der Waals surface area contributed by atoms with E-state index in [0.717, 1.165) is 5.56 Å². The van der Waals surface area contributed by atoms with Gasteiger partial charge in [-0.2, -0.15) is 0 Å². The zero-order valence-electron chi connectivity index (χ0n) is 10.3. The number of hydrogen-bond donors (Lipinski definition) is 0. The van der Waals surface area contributed by atoms with E-state index in [1.807, 2.05) is 12.1 Å². The van der Waals surface area contributed by atoms with Gasteiger partial charge < -0.3 is 4.74 Å². The van der Waals surface area contributed by atoms with Gasteiger partial charge in [-0.15, -0.1) is 11.6 Å². The first-order valence-corrected chi connectivity index (χ1v) is 6.22. The third kappa shape index (κ3) is 2.85. The van der Waals surface area contributed by atoms with Gasteiger partial charge >= 0.3 is 5.69 Å². The first-order chi connectivity index (χ1) is 9.13. The van der Waals surface area contributed by atoms with Crippen molar-refractivity contribution < 1.29 is 9.66 Å². The molecule has 2 aromatic carbocycles. The van der Waals surface area contributed by atoms with E-state index >= 15 is 0 Å². The fraction of sp³-hybridized carbons (Fsp3) is 0.143. The number of benzene rings is 2. The maximum atomic E-state index is 11.1. The average molecular weight is 278 g/mol. The van der Waals surface area contributed by atoms with Gasteiger partial charge in [0.1, 0.15) is 5.75 Å². The van der Waals surface area contributed by atoms with E-state index in [0.29, 0.717) is 11.3 Å². The molecule has 0 aliphatic heterocycles.